The molecule has 0 radical (unpaired) electrons. The lowest BCUT2D eigenvalue weighted by molar-refractivity contribution is -0.167. The van der Waals surface area contributed by atoms with Crippen LogP contribution in [0.3, 0.4) is 0 Å². The van der Waals surface area contributed by atoms with Crippen molar-refractivity contribution >= 4 is 22.9 Å². The molecule has 192 valence electrons. The summed E-state index contributed by atoms with van der Waals surface area (Å²) in [5.74, 6) is -3.78. The van der Waals surface area contributed by atoms with Gasteiger partial charge in [-0.2, -0.15) is 26.3 Å². The molecule has 35 heavy (non-hydrogen) atoms. The number of carbonyl (C=O) groups excluding carboxylic acids is 2. The summed E-state index contributed by atoms with van der Waals surface area (Å²) in [6.07, 6.45) is -6.98. The summed E-state index contributed by atoms with van der Waals surface area (Å²) in [6.45, 7) is 8.80. The van der Waals surface area contributed by atoms with E-state index in [4.69, 9.17) is 0 Å². The van der Waals surface area contributed by atoms with Crippen molar-refractivity contribution in [1.29, 1.82) is 0 Å². The summed E-state index contributed by atoms with van der Waals surface area (Å²) in [5, 5.41) is 0. The van der Waals surface area contributed by atoms with Crippen LogP contribution in [0.25, 0.3) is 0 Å². The standard InChI is InChI=1S/C25H28F6N2O2/c1-15-6-7-16(32-10-8-22(2,3)17(13-32)20(34)24(26,27)28)12-19(15)33-11-9-23(4,5)18(14-33)21(35)25(29,30)31/h6-7,12-14H,8-11H2,1-5H3. The van der Waals surface area contributed by atoms with Gasteiger partial charge >= 0.3 is 12.4 Å². The third-order valence-corrected chi connectivity index (χ3v) is 6.82. The van der Waals surface area contributed by atoms with E-state index in [1.54, 1.807) is 62.6 Å². The van der Waals surface area contributed by atoms with E-state index in [0.29, 0.717) is 37.3 Å². The van der Waals surface area contributed by atoms with Crippen molar-refractivity contribution in [3.63, 3.8) is 0 Å². The van der Waals surface area contributed by atoms with Crippen LogP contribution in [0.5, 0.6) is 0 Å². The third kappa shape index (κ3) is 5.41. The number of rotatable bonds is 4. The molecule has 2 aliphatic rings. The quantitative estimate of drug-likeness (QED) is 0.441. The number of aryl methyl sites for hydroxylation is 1. The Bertz CT molecular complexity index is 1100. The summed E-state index contributed by atoms with van der Waals surface area (Å²) >= 11 is 0. The van der Waals surface area contributed by atoms with Gasteiger partial charge in [0.2, 0.25) is 0 Å². The van der Waals surface area contributed by atoms with Gasteiger partial charge in [0.25, 0.3) is 11.6 Å². The van der Waals surface area contributed by atoms with E-state index in [9.17, 15) is 35.9 Å². The van der Waals surface area contributed by atoms with Crippen LogP contribution in [0.15, 0.2) is 41.7 Å². The Morgan fingerprint density at radius 3 is 1.66 bits per heavy atom. The van der Waals surface area contributed by atoms with E-state index >= 15 is 0 Å². The lowest BCUT2D eigenvalue weighted by Gasteiger charge is -2.39. The number of hydrogen-bond donors (Lipinski definition) is 0. The monoisotopic (exact) mass is 502 g/mol. The molecule has 0 atom stereocenters. The van der Waals surface area contributed by atoms with Crippen molar-refractivity contribution in [3.8, 4) is 0 Å². The van der Waals surface area contributed by atoms with E-state index < -0.39 is 34.7 Å². The summed E-state index contributed by atoms with van der Waals surface area (Å²) < 4.78 is 79.2. The molecule has 2 aliphatic heterocycles. The van der Waals surface area contributed by atoms with Gasteiger partial charge in [-0.05, 0) is 48.3 Å². The van der Waals surface area contributed by atoms with Crippen LogP contribution in [0.1, 0.15) is 46.1 Å². The first kappa shape index (κ1) is 26.8. The van der Waals surface area contributed by atoms with Gasteiger partial charge in [0.15, 0.2) is 0 Å². The molecule has 0 saturated carbocycles. The first-order valence-corrected chi connectivity index (χ1v) is 11.2. The number of allylic oxidation sites excluding steroid dienone is 2. The summed E-state index contributed by atoms with van der Waals surface area (Å²) in [5.41, 5.74) is -0.887. The molecular weight excluding hydrogens is 474 g/mol. The second-order valence-corrected chi connectivity index (χ2v) is 10.4. The highest BCUT2D eigenvalue weighted by Gasteiger charge is 2.48. The molecule has 0 bridgehead atoms. The maximum atomic E-state index is 13.2. The fraction of sp³-hybridized carbons (Fsp3) is 0.520. The number of nitrogens with zero attached hydrogens (tertiary/aromatic N) is 2. The highest BCUT2D eigenvalue weighted by molar-refractivity contribution is 6.02. The average Bonchev–Trinajstić information content (AvgIpc) is 2.72. The fourth-order valence-electron chi connectivity index (χ4n) is 4.38. The molecule has 0 spiro atoms. The second-order valence-electron chi connectivity index (χ2n) is 10.4. The van der Waals surface area contributed by atoms with Crippen LogP contribution < -0.4 is 9.80 Å². The van der Waals surface area contributed by atoms with Crippen molar-refractivity contribution in [1.82, 2.24) is 0 Å². The smallest absolute Gasteiger partial charge is 0.347 e. The minimum Gasteiger partial charge on any atom is -0.347 e. The van der Waals surface area contributed by atoms with Crippen LogP contribution in [0, 0.1) is 17.8 Å². The van der Waals surface area contributed by atoms with E-state index in [2.05, 4.69) is 0 Å². The number of halogens is 6. The molecule has 4 nitrogen and oxygen atoms in total. The average molecular weight is 502 g/mol. The van der Waals surface area contributed by atoms with E-state index in [1.165, 1.54) is 12.4 Å². The minimum atomic E-state index is -5.00. The molecule has 0 unspecified atom stereocenters. The van der Waals surface area contributed by atoms with Gasteiger partial charge in [-0.15, -0.1) is 0 Å². The number of Topliss-reactive ketones (excluding diaryl/α,β-unsaturated/α-hetero) is 2. The van der Waals surface area contributed by atoms with Crippen LogP contribution in [0.2, 0.25) is 0 Å². The topological polar surface area (TPSA) is 40.6 Å². The number of anilines is 2. The first-order valence-electron chi connectivity index (χ1n) is 11.2. The Morgan fingerprint density at radius 2 is 1.20 bits per heavy atom. The Hall–Kier alpha value is -2.78. The third-order valence-electron chi connectivity index (χ3n) is 6.82. The first-order chi connectivity index (χ1) is 15.8. The Kier molecular flexibility index (Phi) is 6.67. The number of ketones is 2. The van der Waals surface area contributed by atoms with E-state index in [1.807, 2.05) is 0 Å². The Morgan fingerprint density at radius 1 is 0.771 bits per heavy atom. The van der Waals surface area contributed by atoms with Gasteiger partial charge in [0.05, 0.1) is 0 Å². The summed E-state index contributed by atoms with van der Waals surface area (Å²) in [4.78, 5) is 27.3. The molecule has 0 amide bonds. The Balaban J connectivity index is 2.03. The van der Waals surface area contributed by atoms with Crippen molar-refractivity contribution in [2.45, 2.75) is 59.8 Å². The van der Waals surface area contributed by atoms with Crippen LogP contribution in [0.4, 0.5) is 37.7 Å². The highest BCUT2D eigenvalue weighted by atomic mass is 19.4. The maximum Gasteiger partial charge on any atom is 0.454 e. The zero-order chi connectivity index (χ0) is 26.6. The molecule has 0 aromatic heterocycles. The molecule has 10 heteroatoms. The number of benzene rings is 1. The van der Waals surface area contributed by atoms with Gasteiger partial charge in [-0.3, -0.25) is 9.59 Å². The van der Waals surface area contributed by atoms with Crippen LogP contribution in [-0.4, -0.2) is 37.0 Å². The lowest BCUT2D eigenvalue weighted by atomic mass is 9.77. The van der Waals surface area contributed by atoms with Gasteiger partial charge in [-0.1, -0.05) is 33.8 Å². The Labute approximate surface area is 200 Å². The zero-order valence-electron chi connectivity index (χ0n) is 20.2. The molecule has 0 fully saturated rings. The van der Waals surface area contributed by atoms with Gasteiger partial charge in [-0.25, -0.2) is 0 Å². The van der Waals surface area contributed by atoms with Gasteiger partial charge in [0.1, 0.15) is 0 Å². The van der Waals surface area contributed by atoms with E-state index in [-0.39, 0.29) is 11.1 Å². The van der Waals surface area contributed by atoms with Crippen molar-refractivity contribution in [2.75, 3.05) is 22.9 Å². The minimum absolute atomic E-state index is 0.298. The van der Waals surface area contributed by atoms with E-state index in [0.717, 1.165) is 5.56 Å². The molecule has 1 aromatic rings. The summed E-state index contributed by atoms with van der Waals surface area (Å²) in [7, 11) is 0. The largest absolute Gasteiger partial charge is 0.454 e. The molecule has 0 saturated heterocycles. The predicted octanol–water partition coefficient (Wildman–Crippen LogP) is 6.50. The molecule has 1 aromatic carbocycles. The number of carbonyl (C=O) groups is 2. The molecule has 2 heterocycles. The fourth-order valence-corrected chi connectivity index (χ4v) is 4.38. The molecule has 0 N–H and O–H groups in total. The van der Waals surface area contributed by atoms with Gasteiger partial charge < -0.3 is 9.80 Å². The van der Waals surface area contributed by atoms with Crippen LogP contribution >= 0.6 is 0 Å². The number of alkyl halides is 6. The van der Waals surface area contributed by atoms with Crippen molar-refractivity contribution < 1.29 is 35.9 Å². The molecule has 3 rings (SSSR count). The normalized spacial score (nSPS) is 20.3. The van der Waals surface area contributed by atoms with Gasteiger partial charge in [0, 0.05) is 48.0 Å². The zero-order valence-corrected chi connectivity index (χ0v) is 20.2. The predicted molar refractivity (Wildman–Crippen MR) is 121 cm³/mol. The van der Waals surface area contributed by atoms with Crippen LogP contribution in [-0.2, 0) is 9.59 Å². The number of hydrogen-bond acceptors (Lipinski definition) is 4. The van der Waals surface area contributed by atoms with Crippen molar-refractivity contribution in [3.05, 3.63) is 47.3 Å². The lowest BCUT2D eigenvalue weighted by Crippen LogP contribution is -2.40. The molecule has 0 aliphatic carbocycles. The second kappa shape index (κ2) is 8.71. The SMILES string of the molecule is Cc1ccc(N2C=C(C(=O)C(F)(F)F)C(C)(C)CC2)cc1N1C=C(C(=O)C(F)(F)F)C(C)(C)CC1. The summed E-state index contributed by atoms with van der Waals surface area (Å²) in [6, 6.07) is 5.05. The highest BCUT2D eigenvalue weighted by Crippen LogP contribution is 2.43. The van der Waals surface area contributed by atoms with Crippen molar-refractivity contribution in [2.24, 2.45) is 10.8 Å². The molecular formula is C25H28F6N2O2. The maximum absolute atomic E-state index is 13.2.